The van der Waals surface area contributed by atoms with Crippen molar-refractivity contribution in [1.29, 1.82) is 0 Å². The minimum Gasteiger partial charge on any atom is -0.481 e. The molecule has 0 atom stereocenters. The van der Waals surface area contributed by atoms with Gasteiger partial charge >= 0.3 is 6.18 Å². The van der Waals surface area contributed by atoms with Gasteiger partial charge in [-0.2, -0.15) is 13.2 Å². The van der Waals surface area contributed by atoms with Crippen LogP contribution in [0.25, 0.3) is 16.9 Å². The maximum absolute atomic E-state index is 12.9. The first-order valence-corrected chi connectivity index (χ1v) is 9.07. The minimum atomic E-state index is -4.41. The summed E-state index contributed by atoms with van der Waals surface area (Å²) in [6.07, 6.45) is 1.54. The predicted molar refractivity (Wildman–Crippen MR) is 107 cm³/mol. The zero-order chi connectivity index (χ0) is 22.2. The van der Waals surface area contributed by atoms with E-state index >= 15 is 0 Å². The highest BCUT2D eigenvalue weighted by atomic mass is 19.4. The van der Waals surface area contributed by atoms with E-state index in [0.29, 0.717) is 28.5 Å². The molecule has 4 aromatic rings. The van der Waals surface area contributed by atoms with Gasteiger partial charge < -0.3 is 9.64 Å². The predicted octanol–water partition coefficient (Wildman–Crippen LogP) is 4.10. The summed E-state index contributed by atoms with van der Waals surface area (Å²) in [5, 5.41) is 0. The molecule has 1 amide bonds. The lowest BCUT2D eigenvalue weighted by molar-refractivity contribution is -0.137. The summed E-state index contributed by atoms with van der Waals surface area (Å²) in [5.74, 6) is 0.0321. The lowest BCUT2D eigenvalue weighted by Crippen LogP contribution is -2.27. The number of benzene rings is 1. The van der Waals surface area contributed by atoms with E-state index in [0.717, 1.165) is 12.1 Å². The Morgan fingerprint density at radius 3 is 2.35 bits per heavy atom. The van der Waals surface area contributed by atoms with E-state index in [1.165, 1.54) is 48.9 Å². The van der Waals surface area contributed by atoms with Gasteiger partial charge in [-0.25, -0.2) is 15.0 Å². The monoisotopic (exact) mass is 427 g/mol. The number of aromatic nitrogens is 4. The van der Waals surface area contributed by atoms with Crippen LogP contribution in [0.3, 0.4) is 0 Å². The van der Waals surface area contributed by atoms with Crippen LogP contribution in [-0.2, 0) is 6.18 Å². The molecule has 10 heteroatoms. The summed E-state index contributed by atoms with van der Waals surface area (Å²) >= 11 is 0. The molecule has 1 aromatic carbocycles. The number of nitrogens with zero attached hydrogens (tertiary/aromatic N) is 5. The van der Waals surface area contributed by atoms with Crippen molar-refractivity contribution in [2.75, 3.05) is 19.1 Å². The van der Waals surface area contributed by atoms with Gasteiger partial charge in [-0.1, -0.05) is 12.1 Å². The van der Waals surface area contributed by atoms with E-state index in [2.05, 4.69) is 15.0 Å². The number of methoxy groups -OCH3 is 1. The van der Waals surface area contributed by atoms with Crippen molar-refractivity contribution in [2.45, 2.75) is 6.18 Å². The molecule has 0 N–H and O–H groups in total. The Labute approximate surface area is 174 Å². The topological polar surface area (TPSA) is 72.6 Å². The van der Waals surface area contributed by atoms with Crippen LogP contribution in [0.4, 0.5) is 18.9 Å². The number of pyridine rings is 1. The average molecular weight is 427 g/mol. The van der Waals surface area contributed by atoms with Crippen LogP contribution in [0.2, 0.25) is 0 Å². The van der Waals surface area contributed by atoms with E-state index in [4.69, 9.17) is 4.74 Å². The molecule has 31 heavy (non-hydrogen) atoms. The third kappa shape index (κ3) is 3.91. The third-order valence-electron chi connectivity index (χ3n) is 4.74. The van der Waals surface area contributed by atoms with Gasteiger partial charge in [0.25, 0.3) is 5.91 Å². The molecule has 0 aliphatic carbocycles. The second-order valence-electron chi connectivity index (χ2n) is 6.64. The number of hydrogen-bond acceptors (Lipinski definition) is 5. The van der Waals surface area contributed by atoms with Crippen LogP contribution in [0.5, 0.6) is 5.88 Å². The largest absolute Gasteiger partial charge is 0.481 e. The summed E-state index contributed by atoms with van der Waals surface area (Å²) in [7, 11) is 3.08. The summed E-state index contributed by atoms with van der Waals surface area (Å²) in [6.45, 7) is 0. The zero-order valence-corrected chi connectivity index (χ0v) is 16.5. The molecular weight excluding hydrogens is 411 g/mol. The molecule has 3 heterocycles. The Morgan fingerprint density at radius 1 is 1.00 bits per heavy atom. The van der Waals surface area contributed by atoms with E-state index < -0.39 is 11.7 Å². The van der Waals surface area contributed by atoms with Gasteiger partial charge in [-0.3, -0.25) is 9.20 Å². The number of hydrogen-bond donors (Lipinski definition) is 0. The molecule has 0 spiro atoms. The summed E-state index contributed by atoms with van der Waals surface area (Å²) in [6, 6.07) is 8.06. The van der Waals surface area contributed by atoms with Crippen molar-refractivity contribution in [3.05, 3.63) is 72.4 Å². The molecule has 0 fully saturated rings. The van der Waals surface area contributed by atoms with Crippen molar-refractivity contribution in [2.24, 2.45) is 0 Å². The summed E-state index contributed by atoms with van der Waals surface area (Å²) in [5.41, 5.74) is 1.46. The Kier molecular flexibility index (Phi) is 5.05. The van der Waals surface area contributed by atoms with Crippen LogP contribution >= 0.6 is 0 Å². The standard InChI is InChI=1S/C21H16F3N5O2/c1-28(15-7-8-19(31-2)27-9-15)20(30)16-12-29-17(10-26-18(29)11-25-16)13-3-5-14(6-4-13)21(22,23)24/h3-12H,1-2H3. The smallest absolute Gasteiger partial charge is 0.416 e. The van der Waals surface area contributed by atoms with Gasteiger partial charge in [0.2, 0.25) is 5.88 Å². The Morgan fingerprint density at radius 2 is 1.74 bits per heavy atom. The number of alkyl halides is 3. The number of halogens is 3. The number of rotatable bonds is 4. The first-order valence-electron chi connectivity index (χ1n) is 9.07. The Balaban J connectivity index is 1.67. The van der Waals surface area contributed by atoms with Crippen molar-refractivity contribution >= 4 is 17.2 Å². The minimum absolute atomic E-state index is 0.136. The second-order valence-corrected chi connectivity index (χ2v) is 6.64. The van der Waals surface area contributed by atoms with Crippen LogP contribution < -0.4 is 9.64 Å². The maximum atomic E-state index is 12.9. The van der Waals surface area contributed by atoms with E-state index in [1.807, 2.05) is 0 Å². The number of amides is 1. The quantitative estimate of drug-likeness (QED) is 0.491. The first kappa shape index (κ1) is 20.3. The van der Waals surface area contributed by atoms with Gasteiger partial charge in [-0.05, 0) is 18.2 Å². The fraction of sp³-hybridized carbons (Fsp3) is 0.143. The van der Waals surface area contributed by atoms with Gasteiger partial charge in [0, 0.05) is 24.9 Å². The molecule has 0 aliphatic rings. The van der Waals surface area contributed by atoms with Crippen molar-refractivity contribution in [3.63, 3.8) is 0 Å². The molecule has 0 bridgehead atoms. The Bertz CT molecular complexity index is 1230. The fourth-order valence-electron chi connectivity index (χ4n) is 3.02. The molecule has 7 nitrogen and oxygen atoms in total. The summed E-state index contributed by atoms with van der Waals surface area (Å²) in [4.78, 5) is 26.8. The highest BCUT2D eigenvalue weighted by Gasteiger charge is 2.30. The molecule has 4 rings (SSSR count). The van der Waals surface area contributed by atoms with E-state index in [-0.39, 0.29) is 11.6 Å². The average Bonchev–Trinajstić information content (AvgIpc) is 3.21. The van der Waals surface area contributed by atoms with Crippen LogP contribution in [0.15, 0.2) is 61.2 Å². The molecule has 0 saturated heterocycles. The third-order valence-corrected chi connectivity index (χ3v) is 4.74. The fourth-order valence-corrected chi connectivity index (χ4v) is 3.02. The lowest BCUT2D eigenvalue weighted by atomic mass is 10.1. The van der Waals surface area contributed by atoms with Crippen LogP contribution in [0.1, 0.15) is 16.1 Å². The van der Waals surface area contributed by atoms with Gasteiger partial charge in [-0.15, -0.1) is 0 Å². The first-order chi connectivity index (χ1) is 14.8. The number of anilines is 1. The van der Waals surface area contributed by atoms with Gasteiger partial charge in [0.1, 0.15) is 5.69 Å². The molecule has 0 radical (unpaired) electrons. The molecule has 0 aliphatic heterocycles. The van der Waals surface area contributed by atoms with Crippen molar-refractivity contribution < 1.29 is 22.7 Å². The number of carbonyl (C=O) groups excluding carboxylic acids is 1. The zero-order valence-electron chi connectivity index (χ0n) is 16.5. The number of ether oxygens (including phenoxy) is 1. The second kappa shape index (κ2) is 7.71. The molecular formula is C21H16F3N5O2. The van der Waals surface area contributed by atoms with Gasteiger partial charge in [0.15, 0.2) is 5.65 Å². The van der Waals surface area contributed by atoms with Crippen molar-refractivity contribution in [3.8, 4) is 17.1 Å². The van der Waals surface area contributed by atoms with Crippen LogP contribution in [-0.4, -0.2) is 39.4 Å². The highest BCUT2D eigenvalue weighted by Crippen LogP contribution is 2.31. The maximum Gasteiger partial charge on any atom is 0.416 e. The normalized spacial score (nSPS) is 11.5. The molecule has 3 aromatic heterocycles. The van der Waals surface area contributed by atoms with Crippen LogP contribution in [0, 0.1) is 0 Å². The molecule has 158 valence electrons. The van der Waals surface area contributed by atoms with E-state index in [1.54, 1.807) is 23.6 Å². The number of carbonyl (C=O) groups is 1. The molecule has 0 saturated carbocycles. The highest BCUT2D eigenvalue weighted by molar-refractivity contribution is 6.04. The lowest BCUT2D eigenvalue weighted by Gasteiger charge is -2.17. The van der Waals surface area contributed by atoms with Crippen molar-refractivity contribution in [1.82, 2.24) is 19.4 Å². The van der Waals surface area contributed by atoms with E-state index in [9.17, 15) is 18.0 Å². The summed E-state index contributed by atoms with van der Waals surface area (Å²) < 4.78 is 45.1. The SMILES string of the molecule is COc1ccc(N(C)C(=O)c2cn3c(-c4ccc(C(F)(F)F)cc4)cnc3cn2)cn1. The Hall–Kier alpha value is -3.95. The van der Waals surface area contributed by atoms with Gasteiger partial charge in [0.05, 0.1) is 42.6 Å². The number of imidazole rings is 1. The molecule has 0 unspecified atom stereocenters. The number of fused-ring (bicyclic) bond motifs is 1.